The SMILES string of the molecule is OCC1OCC2COCN21. The third kappa shape index (κ3) is 0.845. The third-order valence-corrected chi connectivity index (χ3v) is 2.03. The molecule has 0 aromatic rings. The van der Waals surface area contributed by atoms with Gasteiger partial charge in [-0.05, 0) is 0 Å². The highest BCUT2D eigenvalue weighted by Gasteiger charge is 2.37. The number of rotatable bonds is 1. The Morgan fingerprint density at radius 3 is 3.20 bits per heavy atom. The first-order valence-corrected chi connectivity index (χ1v) is 3.48. The van der Waals surface area contributed by atoms with Crippen LogP contribution in [0.25, 0.3) is 0 Å². The van der Waals surface area contributed by atoms with Gasteiger partial charge in [0, 0.05) is 0 Å². The molecule has 0 bridgehead atoms. The Bertz CT molecular complexity index is 130. The van der Waals surface area contributed by atoms with Crippen LogP contribution in [0, 0.1) is 0 Å². The summed E-state index contributed by atoms with van der Waals surface area (Å²) in [6.07, 6.45) is -0.118. The smallest absolute Gasteiger partial charge is 0.136 e. The van der Waals surface area contributed by atoms with E-state index in [1.54, 1.807) is 0 Å². The zero-order valence-corrected chi connectivity index (χ0v) is 5.69. The molecule has 4 nitrogen and oxygen atoms in total. The quantitative estimate of drug-likeness (QED) is 0.513. The molecule has 0 radical (unpaired) electrons. The molecule has 2 atom stereocenters. The lowest BCUT2D eigenvalue weighted by Gasteiger charge is -2.16. The summed E-state index contributed by atoms with van der Waals surface area (Å²) in [5, 5.41) is 8.79. The fraction of sp³-hybridized carbons (Fsp3) is 1.00. The van der Waals surface area contributed by atoms with Crippen LogP contribution >= 0.6 is 0 Å². The molecule has 2 unspecified atom stereocenters. The minimum Gasteiger partial charge on any atom is -0.392 e. The molecular formula is C6H11NO3. The Morgan fingerprint density at radius 1 is 1.50 bits per heavy atom. The van der Waals surface area contributed by atoms with Crippen molar-refractivity contribution >= 4 is 0 Å². The summed E-state index contributed by atoms with van der Waals surface area (Å²) in [5.41, 5.74) is 0. The van der Waals surface area contributed by atoms with Crippen LogP contribution in [0.3, 0.4) is 0 Å². The summed E-state index contributed by atoms with van der Waals surface area (Å²) >= 11 is 0. The van der Waals surface area contributed by atoms with Gasteiger partial charge in [0.1, 0.15) is 13.0 Å². The van der Waals surface area contributed by atoms with Crippen molar-refractivity contribution in [2.45, 2.75) is 12.3 Å². The van der Waals surface area contributed by atoms with E-state index in [-0.39, 0.29) is 12.8 Å². The summed E-state index contributed by atoms with van der Waals surface area (Å²) in [5.74, 6) is 0. The second-order valence-corrected chi connectivity index (χ2v) is 2.64. The van der Waals surface area contributed by atoms with Crippen LogP contribution in [0.15, 0.2) is 0 Å². The second-order valence-electron chi connectivity index (χ2n) is 2.64. The molecule has 0 amide bonds. The molecule has 2 fully saturated rings. The van der Waals surface area contributed by atoms with E-state index in [1.165, 1.54) is 0 Å². The van der Waals surface area contributed by atoms with Crippen LogP contribution < -0.4 is 0 Å². The number of aliphatic hydroxyl groups excluding tert-OH is 1. The average Bonchev–Trinajstić information content (AvgIpc) is 2.44. The monoisotopic (exact) mass is 145 g/mol. The lowest BCUT2D eigenvalue weighted by molar-refractivity contribution is -0.0356. The van der Waals surface area contributed by atoms with Crippen molar-refractivity contribution in [1.82, 2.24) is 4.90 Å². The number of nitrogens with zero attached hydrogens (tertiary/aromatic N) is 1. The molecule has 2 aliphatic rings. The lowest BCUT2D eigenvalue weighted by Crippen LogP contribution is -2.35. The maximum atomic E-state index is 8.79. The predicted octanol–water partition coefficient (Wildman–Crippen LogP) is -1.01. The number of ether oxygens (including phenoxy) is 2. The minimum atomic E-state index is -0.118. The lowest BCUT2D eigenvalue weighted by atomic mass is 10.3. The Kier molecular flexibility index (Phi) is 1.61. The molecule has 0 aromatic carbocycles. The van der Waals surface area contributed by atoms with Gasteiger partial charge in [-0.2, -0.15) is 0 Å². The largest absolute Gasteiger partial charge is 0.392 e. The van der Waals surface area contributed by atoms with Crippen molar-refractivity contribution in [2.75, 3.05) is 26.6 Å². The summed E-state index contributed by atoms with van der Waals surface area (Å²) in [6.45, 7) is 2.12. The Hall–Kier alpha value is -0.160. The van der Waals surface area contributed by atoms with Crippen molar-refractivity contribution in [2.24, 2.45) is 0 Å². The minimum absolute atomic E-state index is 0.0693. The molecule has 0 aliphatic carbocycles. The molecule has 0 spiro atoms. The molecular weight excluding hydrogens is 134 g/mol. The normalized spacial score (nSPS) is 40.5. The van der Waals surface area contributed by atoms with Crippen LogP contribution in [-0.4, -0.2) is 48.8 Å². The van der Waals surface area contributed by atoms with Crippen LogP contribution in [0.1, 0.15) is 0 Å². The van der Waals surface area contributed by atoms with Crippen LogP contribution in [0.4, 0.5) is 0 Å². The topological polar surface area (TPSA) is 41.9 Å². The van der Waals surface area contributed by atoms with E-state index in [9.17, 15) is 0 Å². The molecule has 0 saturated carbocycles. The van der Waals surface area contributed by atoms with Gasteiger partial charge in [0.2, 0.25) is 0 Å². The highest BCUT2D eigenvalue weighted by molar-refractivity contribution is 4.81. The Balaban J connectivity index is 2.01. The van der Waals surface area contributed by atoms with Gasteiger partial charge in [-0.3, -0.25) is 0 Å². The first-order chi connectivity index (χ1) is 4.92. The third-order valence-electron chi connectivity index (χ3n) is 2.03. The van der Waals surface area contributed by atoms with Gasteiger partial charge in [0.15, 0.2) is 0 Å². The van der Waals surface area contributed by atoms with E-state index in [0.29, 0.717) is 19.4 Å². The van der Waals surface area contributed by atoms with Gasteiger partial charge in [-0.15, -0.1) is 0 Å². The standard InChI is InChI=1S/C6H11NO3/c8-1-6-7-4-9-2-5(7)3-10-6/h5-6,8H,1-4H2. The number of hydrogen-bond donors (Lipinski definition) is 1. The number of fused-ring (bicyclic) bond motifs is 1. The highest BCUT2D eigenvalue weighted by atomic mass is 16.6. The molecule has 2 heterocycles. The van der Waals surface area contributed by atoms with Crippen molar-refractivity contribution < 1.29 is 14.6 Å². The molecule has 1 N–H and O–H groups in total. The van der Waals surface area contributed by atoms with E-state index >= 15 is 0 Å². The summed E-state index contributed by atoms with van der Waals surface area (Å²) < 4.78 is 10.4. The summed E-state index contributed by atoms with van der Waals surface area (Å²) in [4.78, 5) is 2.04. The van der Waals surface area contributed by atoms with E-state index in [1.807, 2.05) is 4.90 Å². The summed E-state index contributed by atoms with van der Waals surface area (Å²) in [7, 11) is 0. The van der Waals surface area contributed by atoms with Crippen LogP contribution in [-0.2, 0) is 9.47 Å². The fourth-order valence-corrected chi connectivity index (χ4v) is 1.43. The second kappa shape index (κ2) is 2.47. The van der Waals surface area contributed by atoms with Crippen molar-refractivity contribution in [3.8, 4) is 0 Å². The molecule has 2 saturated heterocycles. The zero-order valence-electron chi connectivity index (χ0n) is 5.69. The highest BCUT2D eigenvalue weighted by Crippen LogP contribution is 2.21. The molecule has 58 valence electrons. The molecule has 2 rings (SSSR count). The fourth-order valence-electron chi connectivity index (χ4n) is 1.43. The number of aliphatic hydroxyl groups is 1. The van der Waals surface area contributed by atoms with Gasteiger partial charge in [0.25, 0.3) is 0 Å². The van der Waals surface area contributed by atoms with Crippen molar-refractivity contribution in [1.29, 1.82) is 0 Å². The average molecular weight is 145 g/mol. The molecule has 4 heteroatoms. The first-order valence-electron chi connectivity index (χ1n) is 3.48. The predicted molar refractivity (Wildman–Crippen MR) is 33.3 cm³/mol. The van der Waals surface area contributed by atoms with Gasteiger partial charge in [-0.25, -0.2) is 4.90 Å². The van der Waals surface area contributed by atoms with E-state index in [0.717, 1.165) is 6.61 Å². The van der Waals surface area contributed by atoms with Gasteiger partial charge in [0.05, 0.1) is 25.9 Å². The van der Waals surface area contributed by atoms with Gasteiger partial charge >= 0.3 is 0 Å². The van der Waals surface area contributed by atoms with E-state index in [2.05, 4.69) is 0 Å². The van der Waals surface area contributed by atoms with Crippen LogP contribution in [0.5, 0.6) is 0 Å². The van der Waals surface area contributed by atoms with Crippen molar-refractivity contribution in [3.63, 3.8) is 0 Å². The maximum absolute atomic E-state index is 8.79. The Labute approximate surface area is 59.3 Å². The van der Waals surface area contributed by atoms with Gasteiger partial charge < -0.3 is 14.6 Å². The molecule has 10 heavy (non-hydrogen) atoms. The van der Waals surface area contributed by atoms with Crippen LogP contribution in [0.2, 0.25) is 0 Å². The molecule has 0 aromatic heterocycles. The van der Waals surface area contributed by atoms with Gasteiger partial charge in [-0.1, -0.05) is 0 Å². The first kappa shape index (κ1) is 6.54. The zero-order chi connectivity index (χ0) is 6.97. The maximum Gasteiger partial charge on any atom is 0.136 e. The van der Waals surface area contributed by atoms with Crippen molar-refractivity contribution in [3.05, 3.63) is 0 Å². The summed E-state index contributed by atoms with van der Waals surface area (Å²) in [6, 6.07) is 0.386. The van der Waals surface area contributed by atoms with E-state index in [4.69, 9.17) is 14.6 Å². The number of hydrogen-bond acceptors (Lipinski definition) is 4. The molecule has 2 aliphatic heterocycles. The van der Waals surface area contributed by atoms with E-state index < -0.39 is 0 Å². The Morgan fingerprint density at radius 2 is 2.40 bits per heavy atom.